The van der Waals surface area contributed by atoms with E-state index in [9.17, 15) is 0 Å². The quantitative estimate of drug-likeness (QED) is 0.409. The van der Waals surface area contributed by atoms with E-state index in [-0.39, 0.29) is 19.8 Å². The van der Waals surface area contributed by atoms with Crippen molar-refractivity contribution in [2.45, 2.75) is 0 Å². The maximum Gasteiger partial charge on any atom is 0.272 e. The van der Waals surface area contributed by atoms with Crippen LogP contribution < -0.4 is 0 Å². The molecule has 0 heterocycles. The van der Waals surface area contributed by atoms with Crippen LogP contribution >= 0.6 is 0 Å². The summed E-state index contributed by atoms with van der Waals surface area (Å²) in [6.45, 7) is 6.88. The molecular weight excluding hydrogens is 128 g/mol. The lowest BCUT2D eigenvalue weighted by molar-refractivity contribution is 0.379. The van der Waals surface area contributed by atoms with Crippen LogP contribution in [0.25, 0.3) is 4.85 Å². The fourth-order valence-electron chi connectivity index (χ4n) is 0.456. The second kappa shape index (κ2) is 5.56. The molecule has 0 aromatic carbocycles. The fourth-order valence-corrected chi connectivity index (χ4v) is 0.456. The summed E-state index contributed by atoms with van der Waals surface area (Å²) < 4.78 is 0. The zero-order chi connectivity index (χ0) is 7.82. The molecule has 0 aliphatic rings. The second-order valence-electron chi connectivity index (χ2n) is 1.60. The lowest BCUT2D eigenvalue weighted by atomic mass is 10.5. The first-order valence-electron chi connectivity index (χ1n) is 2.64. The molecule has 0 N–H and O–H groups in total. The number of hydrogen-bond donors (Lipinski definition) is 0. The molecule has 0 aliphatic carbocycles. The van der Waals surface area contributed by atoms with Gasteiger partial charge in [0.1, 0.15) is 0 Å². The monoisotopic (exact) mass is 134 g/mol. The highest BCUT2D eigenvalue weighted by molar-refractivity contribution is 4.84. The molecule has 0 fully saturated rings. The van der Waals surface area contributed by atoms with Gasteiger partial charge in [-0.2, -0.15) is 10.5 Å². The molecule has 0 aromatic heterocycles. The summed E-state index contributed by atoms with van der Waals surface area (Å²) in [5.41, 5.74) is 0. The first-order valence-corrected chi connectivity index (χ1v) is 2.64. The molecule has 0 atom stereocenters. The number of nitriles is 2. The molecule has 0 aromatic rings. The van der Waals surface area contributed by atoms with Gasteiger partial charge in [-0.15, -0.1) is 0 Å². The van der Waals surface area contributed by atoms with Crippen LogP contribution in [0.5, 0.6) is 0 Å². The molecule has 0 spiro atoms. The van der Waals surface area contributed by atoms with E-state index in [4.69, 9.17) is 17.1 Å². The van der Waals surface area contributed by atoms with Crippen molar-refractivity contribution in [2.75, 3.05) is 19.8 Å². The summed E-state index contributed by atoms with van der Waals surface area (Å²) in [7, 11) is 0. The van der Waals surface area contributed by atoms with Gasteiger partial charge in [-0.1, -0.05) is 0 Å². The molecule has 0 bridgehead atoms. The minimum atomic E-state index is 0.126. The molecule has 50 valence electrons. The van der Waals surface area contributed by atoms with Gasteiger partial charge in [0, 0.05) is 0 Å². The van der Waals surface area contributed by atoms with Crippen LogP contribution in [0.3, 0.4) is 0 Å². The van der Waals surface area contributed by atoms with Crippen LogP contribution in [0.4, 0.5) is 0 Å². The third-order valence-corrected chi connectivity index (χ3v) is 0.859. The summed E-state index contributed by atoms with van der Waals surface area (Å²) in [6.07, 6.45) is 0. The highest BCUT2D eigenvalue weighted by atomic mass is 15.2. The Bertz CT molecular complexity index is 163. The van der Waals surface area contributed by atoms with Gasteiger partial charge in [0.2, 0.25) is 0 Å². The average Bonchev–Trinajstić information content (AvgIpc) is 1.90. The minimum Gasteiger partial charge on any atom is -0.299 e. The van der Waals surface area contributed by atoms with Crippen molar-refractivity contribution in [3.8, 4) is 12.1 Å². The fraction of sp³-hybridized carbons (Fsp3) is 0.500. The first kappa shape index (κ1) is 8.43. The predicted octanol–water partition coefficient (Wildman–Crippen LogP) is 0.212. The van der Waals surface area contributed by atoms with Gasteiger partial charge in [0.25, 0.3) is 6.67 Å². The van der Waals surface area contributed by atoms with Crippen LogP contribution in [-0.4, -0.2) is 24.7 Å². The van der Waals surface area contributed by atoms with Crippen molar-refractivity contribution in [2.24, 2.45) is 0 Å². The van der Waals surface area contributed by atoms with Gasteiger partial charge in [-0.05, 0) is 0 Å². The van der Waals surface area contributed by atoms with Crippen LogP contribution in [0.2, 0.25) is 0 Å². The van der Waals surface area contributed by atoms with Crippen molar-refractivity contribution in [3.63, 3.8) is 0 Å². The van der Waals surface area contributed by atoms with Crippen molar-refractivity contribution in [1.29, 1.82) is 10.5 Å². The summed E-state index contributed by atoms with van der Waals surface area (Å²) in [5, 5.41) is 16.4. The zero-order valence-electron chi connectivity index (χ0n) is 5.41. The SMILES string of the molecule is [C-]#[N+]CN(CC#N)CC#N. The molecule has 0 saturated carbocycles. The van der Waals surface area contributed by atoms with Gasteiger partial charge in [0.15, 0.2) is 0 Å². The third-order valence-electron chi connectivity index (χ3n) is 0.859. The minimum absolute atomic E-state index is 0.126. The Balaban J connectivity index is 3.68. The van der Waals surface area contributed by atoms with Crippen LogP contribution in [0.15, 0.2) is 0 Å². The normalized spacial score (nSPS) is 7.80. The Morgan fingerprint density at radius 2 is 1.80 bits per heavy atom. The zero-order valence-corrected chi connectivity index (χ0v) is 5.41. The van der Waals surface area contributed by atoms with Crippen LogP contribution in [0, 0.1) is 29.2 Å². The Labute approximate surface area is 59.7 Å². The highest BCUT2D eigenvalue weighted by Gasteiger charge is 2.03. The van der Waals surface area contributed by atoms with E-state index in [0.29, 0.717) is 0 Å². The molecular formula is C6H6N4. The van der Waals surface area contributed by atoms with Crippen LogP contribution in [-0.2, 0) is 0 Å². The van der Waals surface area contributed by atoms with Gasteiger partial charge < -0.3 is 0 Å². The summed E-state index contributed by atoms with van der Waals surface area (Å²) >= 11 is 0. The topological polar surface area (TPSA) is 55.2 Å². The lowest BCUT2D eigenvalue weighted by Gasteiger charge is -2.04. The number of rotatable bonds is 3. The van der Waals surface area contributed by atoms with Crippen molar-refractivity contribution in [3.05, 3.63) is 11.4 Å². The molecule has 0 radical (unpaired) electrons. The van der Waals surface area contributed by atoms with E-state index in [1.165, 1.54) is 4.90 Å². The molecule has 0 rings (SSSR count). The Morgan fingerprint density at radius 1 is 1.30 bits per heavy atom. The smallest absolute Gasteiger partial charge is 0.272 e. The van der Waals surface area contributed by atoms with Crippen molar-refractivity contribution in [1.82, 2.24) is 4.90 Å². The molecule has 0 saturated heterocycles. The van der Waals surface area contributed by atoms with E-state index >= 15 is 0 Å². The lowest BCUT2D eigenvalue weighted by Crippen LogP contribution is -2.23. The Hall–Kier alpha value is -1.57. The van der Waals surface area contributed by atoms with E-state index in [1.54, 1.807) is 0 Å². The largest absolute Gasteiger partial charge is 0.299 e. The standard InChI is InChI=1S/C6H6N4/c1-9-6-10(4-2-7)5-3-8/h4-6H2. The number of nitrogens with zero attached hydrogens (tertiary/aromatic N) is 4. The Morgan fingerprint density at radius 3 is 2.10 bits per heavy atom. The summed E-state index contributed by atoms with van der Waals surface area (Å²) in [5.74, 6) is 0. The molecule has 4 nitrogen and oxygen atoms in total. The van der Waals surface area contributed by atoms with Gasteiger partial charge >= 0.3 is 0 Å². The maximum absolute atomic E-state index is 8.19. The summed E-state index contributed by atoms with van der Waals surface area (Å²) in [6, 6.07) is 3.74. The van der Waals surface area contributed by atoms with Crippen LogP contribution in [0.1, 0.15) is 0 Å². The van der Waals surface area contributed by atoms with E-state index in [0.717, 1.165) is 0 Å². The third kappa shape index (κ3) is 3.43. The van der Waals surface area contributed by atoms with E-state index < -0.39 is 0 Å². The molecule has 0 aliphatic heterocycles. The van der Waals surface area contributed by atoms with E-state index in [1.807, 2.05) is 12.1 Å². The molecule has 0 unspecified atom stereocenters. The van der Waals surface area contributed by atoms with Gasteiger partial charge in [-0.3, -0.25) is 4.85 Å². The molecule has 4 heteroatoms. The van der Waals surface area contributed by atoms with Crippen molar-refractivity contribution >= 4 is 0 Å². The van der Waals surface area contributed by atoms with Gasteiger partial charge in [0.05, 0.1) is 25.2 Å². The van der Waals surface area contributed by atoms with Crippen molar-refractivity contribution < 1.29 is 0 Å². The average molecular weight is 134 g/mol. The first-order chi connectivity index (χ1) is 4.85. The van der Waals surface area contributed by atoms with E-state index in [2.05, 4.69) is 4.85 Å². The second-order valence-corrected chi connectivity index (χ2v) is 1.60. The van der Waals surface area contributed by atoms with Gasteiger partial charge in [-0.25, -0.2) is 11.5 Å². The summed E-state index contributed by atoms with van der Waals surface area (Å²) in [4.78, 5) is 4.51. The maximum atomic E-state index is 8.19. The predicted molar refractivity (Wildman–Crippen MR) is 34.3 cm³/mol. The highest BCUT2D eigenvalue weighted by Crippen LogP contribution is 1.84. The molecule has 10 heavy (non-hydrogen) atoms. The number of hydrogen-bond acceptors (Lipinski definition) is 3. The molecule has 0 amide bonds. The Kier molecular flexibility index (Phi) is 4.69.